The van der Waals surface area contributed by atoms with Crippen molar-refractivity contribution in [3.8, 4) is 0 Å². The average Bonchev–Trinajstić information content (AvgIpc) is 3.16. The maximum atomic E-state index is 12.4. The average molecular weight is 750 g/mol. The second-order valence-corrected chi connectivity index (χ2v) is 17.3. The predicted octanol–water partition coefficient (Wildman–Crippen LogP) is 15.6. The van der Waals surface area contributed by atoms with Gasteiger partial charge < -0.3 is 15.5 Å². The van der Waals surface area contributed by atoms with Crippen molar-refractivity contribution in [2.75, 3.05) is 6.61 Å². The summed E-state index contributed by atoms with van der Waals surface area (Å²) in [6, 6.07) is -0.530. The van der Waals surface area contributed by atoms with Crippen molar-refractivity contribution < 1.29 is 15.0 Å². The monoisotopic (exact) mass is 750 g/mol. The lowest BCUT2D eigenvalue weighted by Gasteiger charge is -2.22. The lowest BCUT2D eigenvalue weighted by atomic mass is 10.0. The van der Waals surface area contributed by atoms with Gasteiger partial charge in [0, 0.05) is 6.42 Å². The van der Waals surface area contributed by atoms with Crippen LogP contribution < -0.4 is 5.32 Å². The molecule has 0 heterocycles. The normalized spacial score (nSPS) is 12.8. The van der Waals surface area contributed by atoms with Crippen molar-refractivity contribution >= 4 is 5.91 Å². The van der Waals surface area contributed by atoms with Crippen LogP contribution in [-0.2, 0) is 4.79 Å². The molecule has 4 nitrogen and oxygen atoms in total. The molecule has 318 valence electrons. The van der Waals surface area contributed by atoms with Crippen LogP contribution in [0, 0.1) is 0 Å². The first-order valence-corrected chi connectivity index (χ1v) is 24.7. The molecule has 4 heteroatoms. The number of hydrogen-bond donors (Lipinski definition) is 3. The van der Waals surface area contributed by atoms with Gasteiger partial charge >= 0.3 is 0 Å². The van der Waals surface area contributed by atoms with Gasteiger partial charge in [0.1, 0.15) is 0 Å². The highest BCUT2D eigenvalue weighted by atomic mass is 16.3. The van der Waals surface area contributed by atoms with E-state index in [0.717, 1.165) is 25.7 Å². The van der Waals surface area contributed by atoms with E-state index in [4.69, 9.17) is 0 Å². The Morgan fingerprint density at radius 2 is 0.604 bits per heavy atom. The molecule has 0 aromatic carbocycles. The molecule has 0 rings (SSSR count). The highest BCUT2D eigenvalue weighted by Gasteiger charge is 2.20. The van der Waals surface area contributed by atoms with Crippen LogP contribution in [-0.4, -0.2) is 34.9 Å². The van der Waals surface area contributed by atoms with Crippen LogP contribution >= 0.6 is 0 Å². The van der Waals surface area contributed by atoms with E-state index in [2.05, 4.69) is 19.2 Å². The number of nitrogens with one attached hydrogen (secondary N) is 1. The molecule has 3 N–H and O–H groups in total. The number of unbranched alkanes of at least 4 members (excludes halogenated alkanes) is 39. The van der Waals surface area contributed by atoms with Crippen LogP contribution in [0.3, 0.4) is 0 Å². The van der Waals surface area contributed by atoms with Crippen molar-refractivity contribution in [1.82, 2.24) is 5.32 Å². The van der Waals surface area contributed by atoms with Gasteiger partial charge in [0.2, 0.25) is 5.91 Å². The van der Waals surface area contributed by atoms with E-state index in [0.29, 0.717) is 12.8 Å². The molecule has 2 atom stereocenters. The Morgan fingerprint density at radius 1 is 0.377 bits per heavy atom. The summed E-state index contributed by atoms with van der Waals surface area (Å²) < 4.78 is 0. The third kappa shape index (κ3) is 42.4. The van der Waals surface area contributed by atoms with Crippen LogP contribution in [0.15, 0.2) is 0 Å². The topological polar surface area (TPSA) is 69.6 Å². The van der Waals surface area contributed by atoms with Crippen LogP contribution in [0.1, 0.15) is 290 Å². The lowest BCUT2D eigenvalue weighted by Crippen LogP contribution is -2.45. The van der Waals surface area contributed by atoms with Gasteiger partial charge in [0.25, 0.3) is 0 Å². The highest BCUT2D eigenvalue weighted by molar-refractivity contribution is 5.76. The Morgan fingerprint density at radius 3 is 0.849 bits per heavy atom. The summed E-state index contributed by atoms with van der Waals surface area (Å²) in [6.45, 7) is 4.40. The van der Waals surface area contributed by atoms with Crippen molar-refractivity contribution in [1.29, 1.82) is 0 Å². The maximum absolute atomic E-state index is 12.4. The molecule has 0 bridgehead atoms. The van der Waals surface area contributed by atoms with E-state index < -0.39 is 12.1 Å². The van der Waals surface area contributed by atoms with Crippen LogP contribution in [0.5, 0.6) is 0 Å². The quantitative estimate of drug-likeness (QED) is 0.0543. The van der Waals surface area contributed by atoms with E-state index in [-0.39, 0.29) is 12.5 Å². The molecule has 53 heavy (non-hydrogen) atoms. The smallest absolute Gasteiger partial charge is 0.220 e. The van der Waals surface area contributed by atoms with Crippen molar-refractivity contribution in [3.63, 3.8) is 0 Å². The molecule has 0 saturated carbocycles. The third-order valence-corrected chi connectivity index (χ3v) is 11.9. The summed E-state index contributed by atoms with van der Waals surface area (Å²) in [5, 5.41) is 23.3. The number of rotatable bonds is 46. The SMILES string of the molecule is CCCCCCCCCCCCCCCCCCCCCCCCCC(=O)NC(CO)C(O)CCCCCCCCCCCCCCCCCCCC. The number of carbonyl (C=O) groups excluding carboxylic acids is 1. The van der Waals surface area contributed by atoms with E-state index in [1.807, 2.05) is 0 Å². The zero-order valence-corrected chi connectivity index (χ0v) is 36.6. The van der Waals surface area contributed by atoms with E-state index in [1.165, 1.54) is 238 Å². The zero-order valence-electron chi connectivity index (χ0n) is 36.6. The Bertz CT molecular complexity index is 685. The molecule has 0 spiro atoms. The van der Waals surface area contributed by atoms with Gasteiger partial charge in [-0.05, 0) is 12.8 Å². The van der Waals surface area contributed by atoms with Crippen LogP contribution in [0.4, 0.5) is 0 Å². The Kier molecular flexibility index (Phi) is 45.3. The van der Waals surface area contributed by atoms with E-state index in [9.17, 15) is 15.0 Å². The standard InChI is InChI=1S/C49H99NO3/c1-3-5-7-9-11-13-15-17-19-21-23-24-25-26-27-29-31-33-35-37-39-41-43-45-49(53)50-47(46-51)48(52)44-42-40-38-36-34-32-30-28-22-20-18-16-14-12-10-8-6-4-2/h47-48,51-52H,3-46H2,1-2H3,(H,50,53). The molecule has 0 aliphatic rings. The van der Waals surface area contributed by atoms with Gasteiger partial charge in [0.05, 0.1) is 18.8 Å². The first kappa shape index (κ1) is 52.4. The van der Waals surface area contributed by atoms with Crippen molar-refractivity contribution in [3.05, 3.63) is 0 Å². The fourth-order valence-corrected chi connectivity index (χ4v) is 8.07. The molecular formula is C49H99NO3. The summed E-state index contributed by atoms with van der Waals surface area (Å²) in [5.41, 5.74) is 0. The van der Waals surface area contributed by atoms with Gasteiger partial charge in [-0.2, -0.15) is 0 Å². The number of hydrogen-bond acceptors (Lipinski definition) is 3. The second kappa shape index (κ2) is 45.8. The van der Waals surface area contributed by atoms with Gasteiger partial charge in [-0.1, -0.05) is 271 Å². The van der Waals surface area contributed by atoms with Crippen molar-refractivity contribution in [2.45, 2.75) is 302 Å². The van der Waals surface area contributed by atoms with Gasteiger partial charge in [-0.3, -0.25) is 4.79 Å². The molecule has 0 aromatic rings. The molecule has 0 aliphatic heterocycles. The Balaban J connectivity index is 3.43. The predicted molar refractivity (Wildman–Crippen MR) is 235 cm³/mol. The number of amides is 1. The van der Waals surface area contributed by atoms with Crippen molar-refractivity contribution in [2.24, 2.45) is 0 Å². The third-order valence-electron chi connectivity index (χ3n) is 11.9. The first-order chi connectivity index (χ1) is 26.2. The lowest BCUT2D eigenvalue weighted by molar-refractivity contribution is -0.123. The summed E-state index contributed by atoms with van der Waals surface area (Å²) in [7, 11) is 0. The summed E-state index contributed by atoms with van der Waals surface area (Å²) in [4.78, 5) is 12.4. The largest absolute Gasteiger partial charge is 0.394 e. The first-order valence-electron chi connectivity index (χ1n) is 24.7. The molecule has 0 aromatic heterocycles. The zero-order chi connectivity index (χ0) is 38.6. The number of carbonyl (C=O) groups is 1. The molecule has 0 aliphatic carbocycles. The molecule has 0 fully saturated rings. The minimum absolute atomic E-state index is 0.0237. The highest BCUT2D eigenvalue weighted by Crippen LogP contribution is 2.18. The Hall–Kier alpha value is -0.610. The second-order valence-electron chi connectivity index (χ2n) is 17.3. The van der Waals surface area contributed by atoms with Crippen LogP contribution in [0.2, 0.25) is 0 Å². The minimum Gasteiger partial charge on any atom is -0.394 e. The van der Waals surface area contributed by atoms with Gasteiger partial charge in [-0.15, -0.1) is 0 Å². The fourth-order valence-electron chi connectivity index (χ4n) is 8.07. The van der Waals surface area contributed by atoms with E-state index >= 15 is 0 Å². The molecule has 0 radical (unpaired) electrons. The molecule has 1 amide bonds. The number of aliphatic hydroxyl groups is 2. The minimum atomic E-state index is -0.653. The van der Waals surface area contributed by atoms with E-state index in [1.54, 1.807) is 0 Å². The number of aliphatic hydroxyl groups excluding tert-OH is 2. The van der Waals surface area contributed by atoms with Crippen LogP contribution in [0.25, 0.3) is 0 Å². The van der Waals surface area contributed by atoms with Gasteiger partial charge in [-0.25, -0.2) is 0 Å². The van der Waals surface area contributed by atoms with Gasteiger partial charge in [0.15, 0.2) is 0 Å². The summed E-state index contributed by atoms with van der Waals surface area (Å²) in [5.74, 6) is -0.0237. The fraction of sp³-hybridized carbons (Fsp3) is 0.980. The summed E-state index contributed by atoms with van der Waals surface area (Å²) >= 11 is 0. The Labute approximate surface area is 334 Å². The molecule has 0 saturated heterocycles. The molecule has 2 unspecified atom stereocenters. The molecular weight excluding hydrogens is 651 g/mol. The maximum Gasteiger partial charge on any atom is 0.220 e. The summed E-state index contributed by atoms with van der Waals surface area (Å²) in [6.07, 6.45) is 56.3.